The summed E-state index contributed by atoms with van der Waals surface area (Å²) in [7, 11) is 1.91. The molecule has 2 aromatic heterocycles. The maximum absolute atomic E-state index is 9.70. The number of fused-ring (bicyclic) bond motifs is 1. The van der Waals surface area contributed by atoms with Gasteiger partial charge in [-0.1, -0.05) is 37.1 Å². The predicted molar refractivity (Wildman–Crippen MR) is 144 cm³/mol. The van der Waals surface area contributed by atoms with Crippen molar-refractivity contribution in [3.05, 3.63) is 36.0 Å². The van der Waals surface area contributed by atoms with Crippen molar-refractivity contribution in [1.29, 1.82) is 0 Å². The van der Waals surface area contributed by atoms with E-state index in [1.165, 1.54) is 5.56 Å². The Morgan fingerprint density at radius 2 is 1.85 bits per heavy atom. The normalized spacial score (nSPS) is 21.7. The molecule has 1 aliphatic carbocycles. The van der Waals surface area contributed by atoms with E-state index in [1.54, 1.807) is 20.0 Å². The quantitative estimate of drug-likeness (QED) is 0.426. The highest BCUT2D eigenvalue weighted by Gasteiger charge is 2.53. The van der Waals surface area contributed by atoms with Gasteiger partial charge >= 0.3 is 0 Å². The molecule has 5 rings (SSSR count). The third-order valence-corrected chi connectivity index (χ3v) is 6.74. The van der Waals surface area contributed by atoms with E-state index in [4.69, 9.17) is 15.9 Å². The minimum atomic E-state index is -1.87. The fourth-order valence-corrected chi connectivity index (χ4v) is 3.86. The first-order valence-electron chi connectivity index (χ1n) is 11.1. The Hall–Kier alpha value is -2.93. The van der Waals surface area contributed by atoms with E-state index < -0.39 is 11.1 Å². The Morgan fingerprint density at radius 3 is 2.44 bits per heavy atom. The van der Waals surface area contributed by atoms with Crippen molar-refractivity contribution < 1.29 is 23.2 Å². The number of hydrogen-bond donors (Lipinski definition) is 3. The molecule has 34 heavy (non-hydrogen) atoms. The minimum Gasteiger partial charge on any atom is -0.772 e. The van der Waals surface area contributed by atoms with Crippen LogP contribution in [0.2, 0.25) is 0 Å². The summed E-state index contributed by atoms with van der Waals surface area (Å²) in [6.07, 6.45) is 1.69. The maximum atomic E-state index is 9.70. The van der Waals surface area contributed by atoms with Crippen LogP contribution in [0.15, 0.2) is 34.9 Å². The Labute approximate surface area is 211 Å². The number of benzene rings is 1. The molecule has 196 valence electrons. The monoisotopic (exact) mass is 499 g/mol. The number of hydrogen-bond acceptors (Lipinski definition) is 11. The molecule has 3 unspecified atom stereocenters. The Kier molecular flexibility index (Phi) is 7.22. The standard InChI is InChI=1S/C19H22N8O.C3H8O2S.7H2/c1-22-6-10-2-4-11(5-3-10)18-25-26-19(28-18)16-17(21)23-7-14(24-16)27-8-12-13(9-27)15(12)20;1-3(2)6(4)5;;;;;;;/h2-5,7,12-13,15,22H,6,8-9,20H2,1H3,(H2,21,23);3H,1-2H3,(H,4,5);7*1H/p-1. The van der Waals surface area contributed by atoms with E-state index in [0.717, 1.165) is 31.0 Å². The van der Waals surface area contributed by atoms with Crippen molar-refractivity contribution in [3.8, 4) is 23.0 Å². The first-order chi connectivity index (χ1) is 16.3. The lowest BCUT2D eigenvalue weighted by Crippen LogP contribution is -2.29. The molecule has 2 fully saturated rings. The van der Waals surface area contributed by atoms with Gasteiger partial charge in [-0.2, -0.15) is 0 Å². The summed E-state index contributed by atoms with van der Waals surface area (Å²) in [5, 5.41) is 11.2. The number of nitrogens with two attached hydrogens (primary N) is 2. The number of piperidine rings is 1. The van der Waals surface area contributed by atoms with Gasteiger partial charge in [-0.05, 0) is 36.6 Å². The van der Waals surface area contributed by atoms with E-state index in [2.05, 4.69) is 30.4 Å². The van der Waals surface area contributed by atoms with E-state index in [1.807, 2.05) is 31.3 Å². The second kappa shape index (κ2) is 10.1. The van der Waals surface area contributed by atoms with Gasteiger partial charge in [0, 0.05) is 46.5 Å². The molecule has 0 radical (unpaired) electrons. The topological polar surface area (TPSA) is 172 Å². The summed E-state index contributed by atoms with van der Waals surface area (Å²) in [5.74, 6) is 2.84. The molecule has 3 heterocycles. The summed E-state index contributed by atoms with van der Waals surface area (Å²) in [6.45, 7) is 5.86. The molecule has 3 atom stereocenters. The lowest BCUT2D eigenvalue weighted by atomic mass is 10.1. The SMILES string of the molecule is CC(C)S(=O)[O-].CNCc1ccc(-c2nnc(-c3nc(N4CC5C(N)C5C4)cnc3N)o2)cc1.[HH].[HH].[HH].[HH].[HH].[HH].[HH]. The van der Waals surface area contributed by atoms with Crippen LogP contribution in [-0.4, -0.2) is 60.4 Å². The maximum Gasteiger partial charge on any atom is 0.270 e. The van der Waals surface area contributed by atoms with Crippen LogP contribution in [0.25, 0.3) is 23.0 Å². The van der Waals surface area contributed by atoms with Crippen LogP contribution in [0, 0.1) is 11.8 Å². The average molecular weight is 500 g/mol. The molecular weight excluding hydrogens is 456 g/mol. The Morgan fingerprint density at radius 1 is 1.24 bits per heavy atom. The van der Waals surface area contributed by atoms with E-state index in [9.17, 15) is 8.76 Å². The van der Waals surface area contributed by atoms with Crippen molar-refractivity contribution in [2.75, 3.05) is 30.8 Å². The van der Waals surface area contributed by atoms with Gasteiger partial charge in [0.2, 0.25) is 5.89 Å². The second-order valence-electron chi connectivity index (χ2n) is 8.72. The molecule has 1 aliphatic heterocycles. The van der Waals surface area contributed by atoms with Crippen molar-refractivity contribution in [2.45, 2.75) is 31.7 Å². The molecule has 0 bridgehead atoms. The molecule has 5 N–H and O–H groups in total. The zero-order valence-corrected chi connectivity index (χ0v) is 20.2. The average Bonchev–Trinajstić information content (AvgIpc) is 3.23. The van der Waals surface area contributed by atoms with Crippen molar-refractivity contribution >= 4 is 22.7 Å². The number of nitrogen functional groups attached to an aromatic ring is 1. The van der Waals surface area contributed by atoms with Gasteiger partial charge in [-0.25, -0.2) is 9.97 Å². The number of anilines is 2. The molecule has 1 saturated carbocycles. The molecule has 1 aromatic carbocycles. The fraction of sp³-hybridized carbons (Fsp3) is 0.455. The van der Waals surface area contributed by atoms with Crippen LogP contribution in [0.4, 0.5) is 11.6 Å². The number of nitrogens with zero attached hydrogens (tertiary/aromatic N) is 5. The van der Waals surface area contributed by atoms with Gasteiger partial charge in [0.05, 0.1) is 6.20 Å². The van der Waals surface area contributed by atoms with Gasteiger partial charge < -0.3 is 30.7 Å². The zero-order chi connectivity index (χ0) is 24.4. The van der Waals surface area contributed by atoms with E-state index in [-0.39, 0.29) is 26.9 Å². The highest BCUT2D eigenvalue weighted by molar-refractivity contribution is 7.79. The largest absolute Gasteiger partial charge is 0.772 e. The second-order valence-corrected chi connectivity index (χ2v) is 10.2. The van der Waals surface area contributed by atoms with Gasteiger partial charge in [-0.3, -0.25) is 4.21 Å². The summed E-state index contributed by atoms with van der Waals surface area (Å²) in [5.41, 5.74) is 14.5. The molecule has 3 aromatic rings. The van der Waals surface area contributed by atoms with E-state index in [0.29, 0.717) is 29.5 Å². The van der Waals surface area contributed by atoms with Crippen LogP contribution < -0.4 is 21.7 Å². The first kappa shape index (κ1) is 24.2. The molecule has 2 aliphatic rings. The van der Waals surface area contributed by atoms with Crippen LogP contribution in [-0.2, 0) is 17.6 Å². The summed E-state index contributed by atoms with van der Waals surface area (Å²) in [6, 6.07) is 8.28. The number of aromatic nitrogens is 4. The fourth-order valence-electron chi connectivity index (χ4n) is 3.86. The summed E-state index contributed by atoms with van der Waals surface area (Å²) in [4.78, 5) is 11.1. The number of rotatable bonds is 6. The molecule has 1 saturated heterocycles. The van der Waals surface area contributed by atoms with Crippen LogP contribution in [0.5, 0.6) is 0 Å². The molecular formula is C22H43N8O3S-. The minimum absolute atomic E-state index is 0. The van der Waals surface area contributed by atoms with Gasteiger partial charge in [0.25, 0.3) is 5.89 Å². The molecule has 11 nitrogen and oxygen atoms in total. The smallest absolute Gasteiger partial charge is 0.270 e. The number of nitrogens with one attached hydrogen (secondary N) is 1. The zero-order valence-electron chi connectivity index (χ0n) is 19.3. The molecule has 0 amide bonds. The lowest BCUT2D eigenvalue weighted by molar-refractivity contribution is 0.528. The highest BCUT2D eigenvalue weighted by atomic mass is 32.2. The third-order valence-electron chi connectivity index (χ3n) is 5.97. The Bertz CT molecular complexity index is 1170. The van der Waals surface area contributed by atoms with Gasteiger partial charge in [0.1, 0.15) is 5.82 Å². The van der Waals surface area contributed by atoms with E-state index >= 15 is 0 Å². The van der Waals surface area contributed by atoms with Crippen LogP contribution >= 0.6 is 0 Å². The van der Waals surface area contributed by atoms with Crippen molar-refractivity contribution in [1.82, 2.24) is 25.5 Å². The Balaban J connectivity index is -0.000000482. The third kappa shape index (κ3) is 5.25. The summed E-state index contributed by atoms with van der Waals surface area (Å²) < 4.78 is 25.2. The predicted octanol–water partition coefficient (Wildman–Crippen LogP) is 2.88. The van der Waals surface area contributed by atoms with Crippen LogP contribution in [0.1, 0.15) is 29.4 Å². The van der Waals surface area contributed by atoms with Crippen LogP contribution in [0.3, 0.4) is 0 Å². The van der Waals surface area contributed by atoms with Gasteiger partial charge in [0.15, 0.2) is 11.5 Å². The van der Waals surface area contributed by atoms with Crippen molar-refractivity contribution in [2.24, 2.45) is 17.6 Å². The highest BCUT2D eigenvalue weighted by Crippen LogP contribution is 2.45. The van der Waals surface area contributed by atoms with Gasteiger partial charge in [-0.15, -0.1) is 10.2 Å². The first-order valence-corrected chi connectivity index (χ1v) is 12.2. The lowest BCUT2D eigenvalue weighted by Gasteiger charge is -2.20. The summed E-state index contributed by atoms with van der Waals surface area (Å²) >= 11 is -1.87. The molecule has 12 heteroatoms. The molecule has 0 spiro atoms. The van der Waals surface area contributed by atoms with Crippen molar-refractivity contribution in [3.63, 3.8) is 0 Å².